The summed E-state index contributed by atoms with van der Waals surface area (Å²) in [7, 11) is 0. The smallest absolute Gasteiger partial charge is 0.250 e. The number of nitrogens with zero attached hydrogens (tertiary/aromatic N) is 1. The van der Waals surface area contributed by atoms with Gasteiger partial charge in [-0.25, -0.2) is 0 Å². The number of carbonyl (C=O) groups excluding carboxylic acids is 1. The third kappa shape index (κ3) is 6.93. The highest BCUT2D eigenvalue weighted by atomic mass is 35.5. The Morgan fingerprint density at radius 1 is 1.24 bits per heavy atom. The highest BCUT2D eigenvalue weighted by Gasteiger charge is 2.26. The molecular formula is C17H26Cl3N3O2. The maximum absolute atomic E-state index is 12.2. The van der Waals surface area contributed by atoms with Crippen LogP contribution in [0.1, 0.15) is 18.4 Å². The van der Waals surface area contributed by atoms with Crippen molar-refractivity contribution in [2.45, 2.75) is 31.5 Å². The molecule has 142 valence electrons. The fourth-order valence-electron chi connectivity index (χ4n) is 3.11. The first kappa shape index (κ1) is 22.5. The number of halogens is 3. The van der Waals surface area contributed by atoms with Gasteiger partial charge < -0.3 is 15.4 Å². The van der Waals surface area contributed by atoms with Crippen molar-refractivity contribution in [1.29, 1.82) is 0 Å². The molecule has 5 nitrogen and oxygen atoms in total. The SMILES string of the molecule is Cl.Cl.O=C(NC1CCN(Cc2ccc(Cl)cc2)CC1)C1CNCCO1. The van der Waals surface area contributed by atoms with E-state index in [-0.39, 0.29) is 42.9 Å². The topological polar surface area (TPSA) is 53.6 Å². The predicted molar refractivity (Wildman–Crippen MR) is 105 cm³/mol. The minimum atomic E-state index is -0.337. The molecule has 2 aliphatic heterocycles. The molecule has 1 amide bonds. The molecule has 0 spiro atoms. The Kier molecular flexibility index (Phi) is 10.1. The van der Waals surface area contributed by atoms with Crippen molar-refractivity contribution in [3.05, 3.63) is 34.9 Å². The highest BCUT2D eigenvalue weighted by Crippen LogP contribution is 2.16. The Hall–Kier alpha value is -0.560. The number of piperidine rings is 1. The Bertz CT molecular complexity index is 516. The zero-order valence-corrected chi connectivity index (χ0v) is 16.5. The molecule has 0 bridgehead atoms. The summed E-state index contributed by atoms with van der Waals surface area (Å²) in [6, 6.07) is 8.27. The van der Waals surface area contributed by atoms with E-state index in [0.717, 1.165) is 44.0 Å². The van der Waals surface area contributed by atoms with Crippen molar-refractivity contribution in [3.63, 3.8) is 0 Å². The van der Waals surface area contributed by atoms with Gasteiger partial charge in [0.05, 0.1) is 6.61 Å². The molecule has 2 heterocycles. The first-order chi connectivity index (χ1) is 11.2. The van der Waals surface area contributed by atoms with Crippen molar-refractivity contribution in [2.75, 3.05) is 32.8 Å². The van der Waals surface area contributed by atoms with Crippen LogP contribution in [0.3, 0.4) is 0 Å². The van der Waals surface area contributed by atoms with Gasteiger partial charge in [-0.15, -0.1) is 24.8 Å². The minimum absolute atomic E-state index is 0. The molecule has 2 saturated heterocycles. The monoisotopic (exact) mass is 409 g/mol. The third-order valence-corrected chi connectivity index (χ3v) is 4.73. The van der Waals surface area contributed by atoms with Crippen LogP contribution < -0.4 is 10.6 Å². The molecule has 3 rings (SSSR count). The fraction of sp³-hybridized carbons (Fsp3) is 0.588. The molecule has 0 saturated carbocycles. The quantitative estimate of drug-likeness (QED) is 0.799. The van der Waals surface area contributed by atoms with Gasteiger partial charge in [-0.3, -0.25) is 9.69 Å². The molecular weight excluding hydrogens is 385 g/mol. The average molecular weight is 411 g/mol. The summed E-state index contributed by atoms with van der Waals surface area (Å²) in [4.78, 5) is 14.6. The molecule has 1 aromatic carbocycles. The van der Waals surface area contributed by atoms with E-state index in [0.29, 0.717) is 13.2 Å². The van der Waals surface area contributed by atoms with E-state index >= 15 is 0 Å². The number of likely N-dealkylation sites (tertiary alicyclic amines) is 1. The van der Waals surface area contributed by atoms with Crippen molar-refractivity contribution in [1.82, 2.24) is 15.5 Å². The van der Waals surface area contributed by atoms with Crippen molar-refractivity contribution in [3.8, 4) is 0 Å². The first-order valence-corrected chi connectivity index (χ1v) is 8.68. The summed E-state index contributed by atoms with van der Waals surface area (Å²) >= 11 is 5.92. The summed E-state index contributed by atoms with van der Waals surface area (Å²) in [6.45, 7) is 4.98. The van der Waals surface area contributed by atoms with Gasteiger partial charge in [0.25, 0.3) is 5.91 Å². The fourth-order valence-corrected chi connectivity index (χ4v) is 3.24. The molecule has 8 heteroatoms. The van der Waals surface area contributed by atoms with E-state index in [4.69, 9.17) is 16.3 Å². The van der Waals surface area contributed by atoms with Crippen LogP contribution in [-0.2, 0) is 16.1 Å². The Morgan fingerprint density at radius 3 is 2.52 bits per heavy atom. The van der Waals surface area contributed by atoms with E-state index in [9.17, 15) is 4.79 Å². The van der Waals surface area contributed by atoms with Crippen LogP contribution in [0.25, 0.3) is 0 Å². The summed E-state index contributed by atoms with van der Waals surface area (Å²) < 4.78 is 5.50. The van der Waals surface area contributed by atoms with Gasteiger partial charge in [-0.05, 0) is 30.5 Å². The van der Waals surface area contributed by atoms with Gasteiger partial charge in [-0.1, -0.05) is 23.7 Å². The number of nitrogens with one attached hydrogen (secondary N) is 2. The van der Waals surface area contributed by atoms with Crippen molar-refractivity contribution < 1.29 is 9.53 Å². The zero-order valence-electron chi connectivity index (χ0n) is 14.1. The number of hydrogen-bond donors (Lipinski definition) is 2. The average Bonchev–Trinajstić information content (AvgIpc) is 2.59. The molecule has 1 atom stereocenters. The van der Waals surface area contributed by atoms with E-state index in [1.807, 2.05) is 12.1 Å². The molecule has 1 aromatic rings. The third-order valence-electron chi connectivity index (χ3n) is 4.47. The highest BCUT2D eigenvalue weighted by molar-refractivity contribution is 6.30. The van der Waals surface area contributed by atoms with E-state index < -0.39 is 0 Å². The summed E-state index contributed by atoms with van der Waals surface area (Å²) in [5.41, 5.74) is 1.28. The number of benzene rings is 1. The summed E-state index contributed by atoms with van der Waals surface area (Å²) in [6.07, 6.45) is 1.63. The second kappa shape index (κ2) is 11.2. The van der Waals surface area contributed by atoms with Crippen molar-refractivity contribution in [2.24, 2.45) is 0 Å². The maximum atomic E-state index is 12.2. The Morgan fingerprint density at radius 2 is 1.92 bits per heavy atom. The molecule has 2 fully saturated rings. The number of hydrogen-bond acceptors (Lipinski definition) is 4. The van der Waals surface area contributed by atoms with E-state index in [2.05, 4.69) is 27.7 Å². The standard InChI is InChI=1S/C17H24ClN3O2.2ClH/c18-14-3-1-13(2-4-14)12-21-8-5-15(6-9-21)20-17(22)16-11-19-7-10-23-16;;/h1-4,15-16,19H,5-12H2,(H,20,22);2*1H. The molecule has 1 unspecified atom stereocenters. The lowest BCUT2D eigenvalue weighted by Crippen LogP contribution is -2.52. The van der Waals surface area contributed by atoms with E-state index in [1.54, 1.807) is 0 Å². The Balaban J connectivity index is 0.00000156. The number of carbonyl (C=O) groups is 1. The zero-order chi connectivity index (χ0) is 16.1. The van der Waals surface area contributed by atoms with Crippen LogP contribution in [0.4, 0.5) is 0 Å². The molecule has 0 radical (unpaired) electrons. The lowest BCUT2D eigenvalue weighted by atomic mass is 10.0. The second-order valence-corrected chi connectivity index (χ2v) is 6.69. The number of ether oxygens (including phenoxy) is 1. The molecule has 0 aromatic heterocycles. The summed E-state index contributed by atoms with van der Waals surface area (Å²) in [5, 5.41) is 7.09. The van der Waals surface area contributed by atoms with Crippen LogP contribution in [0.15, 0.2) is 24.3 Å². The van der Waals surface area contributed by atoms with Gasteiger partial charge in [0, 0.05) is 43.8 Å². The van der Waals surface area contributed by atoms with Crippen LogP contribution in [0.2, 0.25) is 5.02 Å². The number of amides is 1. The van der Waals surface area contributed by atoms with Gasteiger partial charge in [0.1, 0.15) is 6.10 Å². The number of morpholine rings is 1. The van der Waals surface area contributed by atoms with Gasteiger partial charge >= 0.3 is 0 Å². The van der Waals surface area contributed by atoms with Crippen LogP contribution in [-0.4, -0.2) is 55.7 Å². The van der Waals surface area contributed by atoms with Gasteiger partial charge in [0.15, 0.2) is 0 Å². The van der Waals surface area contributed by atoms with Gasteiger partial charge in [-0.2, -0.15) is 0 Å². The first-order valence-electron chi connectivity index (χ1n) is 8.30. The van der Waals surface area contributed by atoms with Gasteiger partial charge in [0.2, 0.25) is 0 Å². The summed E-state index contributed by atoms with van der Waals surface area (Å²) in [5.74, 6) is 0.0216. The normalized spacial score (nSPS) is 21.7. The van der Waals surface area contributed by atoms with Crippen LogP contribution in [0, 0.1) is 0 Å². The predicted octanol–water partition coefficient (Wildman–Crippen LogP) is 2.25. The largest absolute Gasteiger partial charge is 0.366 e. The lowest BCUT2D eigenvalue weighted by molar-refractivity contribution is -0.135. The minimum Gasteiger partial charge on any atom is -0.366 e. The Labute approximate surface area is 166 Å². The molecule has 0 aliphatic carbocycles. The van der Waals surface area contributed by atoms with Crippen molar-refractivity contribution >= 4 is 42.3 Å². The molecule has 2 N–H and O–H groups in total. The van der Waals surface area contributed by atoms with Crippen LogP contribution in [0.5, 0.6) is 0 Å². The number of rotatable bonds is 4. The second-order valence-electron chi connectivity index (χ2n) is 6.25. The van der Waals surface area contributed by atoms with E-state index in [1.165, 1.54) is 5.56 Å². The lowest BCUT2D eigenvalue weighted by Gasteiger charge is -2.33. The molecule has 2 aliphatic rings. The maximum Gasteiger partial charge on any atom is 0.250 e. The van der Waals surface area contributed by atoms with Crippen LogP contribution >= 0.6 is 36.4 Å². The molecule has 25 heavy (non-hydrogen) atoms.